The SMILES string of the molecule is CC1(C)S[C@@H]2CC(=O)N2[C@H]1C(=O)O.[H-].[H-].[Na+].[Na+]. The van der Waals surface area contributed by atoms with E-state index >= 15 is 0 Å². The Balaban J connectivity index is -0.000000490. The first-order valence-electron chi connectivity index (χ1n) is 4.15. The quantitative estimate of drug-likeness (QED) is 0.373. The van der Waals surface area contributed by atoms with E-state index in [1.54, 1.807) is 11.8 Å². The molecule has 0 radical (unpaired) electrons. The third-order valence-corrected chi connectivity index (χ3v) is 4.05. The van der Waals surface area contributed by atoms with Crippen molar-refractivity contribution in [1.29, 1.82) is 0 Å². The van der Waals surface area contributed by atoms with E-state index in [2.05, 4.69) is 0 Å². The number of carbonyl (C=O) groups excluding carboxylic acids is 1. The fourth-order valence-corrected chi connectivity index (χ4v) is 3.60. The van der Waals surface area contributed by atoms with Crippen molar-refractivity contribution in [2.24, 2.45) is 0 Å². The minimum absolute atomic E-state index is 0. The Hall–Kier alpha value is 1.29. The van der Waals surface area contributed by atoms with Gasteiger partial charge in [0, 0.05) is 4.75 Å². The Morgan fingerprint density at radius 2 is 2.13 bits per heavy atom. The van der Waals surface area contributed by atoms with Crippen molar-refractivity contribution >= 4 is 23.6 Å². The molecule has 7 heteroatoms. The Morgan fingerprint density at radius 3 is 2.47 bits per heavy atom. The second-order valence-electron chi connectivity index (χ2n) is 3.92. The number of nitrogens with zero attached hydrogens (tertiary/aromatic N) is 1. The predicted molar refractivity (Wildman–Crippen MR) is 50.6 cm³/mol. The maximum Gasteiger partial charge on any atom is 1.00 e. The summed E-state index contributed by atoms with van der Waals surface area (Å²) in [5.41, 5.74) is 0. The normalized spacial score (nSPS) is 30.8. The molecule has 0 aromatic rings. The number of hydrogen-bond donors (Lipinski definition) is 1. The maximum absolute atomic E-state index is 11.2. The topological polar surface area (TPSA) is 57.6 Å². The molecule has 0 bridgehead atoms. The summed E-state index contributed by atoms with van der Waals surface area (Å²) in [5, 5.41) is 9.08. The number of β-lactam (4-membered cyclic amide) rings is 1. The molecule has 76 valence electrons. The van der Waals surface area contributed by atoms with Crippen molar-refractivity contribution in [2.75, 3.05) is 0 Å². The van der Waals surface area contributed by atoms with Crippen LogP contribution in [0.3, 0.4) is 0 Å². The zero-order valence-electron chi connectivity index (χ0n) is 11.5. The molecule has 2 heterocycles. The summed E-state index contributed by atoms with van der Waals surface area (Å²) in [5.74, 6) is -0.927. The summed E-state index contributed by atoms with van der Waals surface area (Å²) in [7, 11) is 0. The monoisotopic (exact) mass is 249 g/mol. The summed E-state index contributed by atoms with van der Waals surface area (Å²) in [6, 6.07) is -0.649. The van der Waals surface area contributed by atoms with E-state index in [9.17, 15) is 9.59 Å². The summed E-state index contributed by atoms with van der Waals surface area (Å²) >= 11 is 1.58. The molecule has 2 aliphatic heterocycles. The number of aliphatic carboxylic acids is 1. The molecule has 2 saturated heterocycles. The molecule has 2 fully saturated rings. The summed E-state index contributed by atoms with van der Waals surface area (Å²) in [4.78, 5) is 23.6. The summed E-state index contributed by atoms with van der Waals surface area (Å²) < 4.78 is -0.358. The van der Waals surface area contributed by atoms with Crippen LogP contribution in [-0.4, -0.2) is 38.0 Å². The van der Waals surface area contributed by atoms with E-state index in [-0.39, 0.29) is 78.0 Å². The van der Waals surface area contributed by atoms with Crippen molar-refractivity contribution in [1.82, 2.24) is 4.90 Å². The smallest absolute Gasteiger partial charge is 1.00 e. The number of rotatable bonds is 1. The molecule has 0 aromatic heterocycles. The van der Waals surface area contributed by atoms with Crippen LogP contribution >= 0.6 is 11.8 Å². The number of carboxylic acid groups (broad SMARTS) is 1. The molecule has 2 atom stereocenters. The molecule has 0 spiro atoms. The Labute approximate surface area is 140 Å². The molecule has 2 aliphatic rings. The predicted octanol–water partition coefficient (Wildman–Crippen LogP) is -5.24. The van der Waals surface area contributed by atoms with Crippen LogP contribution in [0, 0.1) is 0 Å². The average molecular weight is 249 g/mol. The molecular formula is C8H13NNa2O3S. The van der Waals surface area contributed by atoms with Crippen LogP contribution in [0.4, 0.5) is 0 Å². The van der Waals surface area contributed by atoms with E-state index in [1.807, 2.05) is 13.8 Å². The average Bonchev–Trinajstić information content (AvgIpc) is 2.18. The number of hydrogen-bond acceptors (Lipinski definition) is 3. The van der Waals surface area contributed by atoms with Gasteiger partial charge in [0.15, 0.2) is 0 Å². The zero-order valence-corrected chi connectivity index (χ0v) is 14.3. The third kappa shape index (κ3) is 2.59. The second-order valence-corrected chi connectivity index (χ2v) is 5.75. The van der Waals surface area contributed by atoms with Crippen LogP contribution < -0.4 is 59.1 Å². The minimum atomic E-state index is -0.895. The van der Waals surface area contributed by atoms with E-state index < -0.39 is 12.0 Å². The molecule has 0 aliphatic carbocycles. The van der Waals surface area contributed by atoms with Gasteiger partial charge in [-0.3, -0.25) is 4.79 Å². The van der Waals surface area contributed by atoms with Gasteiger partial charge in [0.25, 0.3) is 0 Å². The van der Waals surface area contributed by atoms with Gasteiger partial charge in [-0.25, -0.2) is 4.79 Å². The molecule has 2 rings (SSSR count). The maximum atomic E-state index is 11.2. The number of amides is 1. The first-order valence-corrected chi connectivity index (χ1v) is 5.03. The van der Waals surface area contributed by atoms with Crippen molar-refractivity contribution in [3.63, 3.8) is 0 Å². The van der Waals surface area contributed by atoms with Crippen LogP contribution in [0.15, 0.2) is 0 Å². The van der Waals surface area contributed by atoms with Crippen LogP contribution in [0.1, 0.15) is 23.1 Å². The van der Waals surface area contributed by atoms with Crippen LogP contribution in [-0.2, 0) is 9.59 Å². The van der Waals surface area contributed by atoms with Gasteiger partial charge in [-0.15, -0.1) is 11.8 Å². The molecule has 1 N–H and O–H groups in total. The Morgan fingerprint density at radius 1 is 1.60 bits per heavy atom. The van der Waals surface area contributed by atoms with Crippen molar-refractivity contribution in [2.45, 2.75) is 36.4 Å². The van der Waals surface area contributed by atoms with Crippen LogP contribution in [0.2, 0.25) is 0 Å². The van der Waals surface area contributed by atoms with Gasteiger partial charge < -0.3 is 12.9 Å². The molecule has 0 aromatic carbocycles. The van der Waals surface area contributed by atoms with Crippen LogP contribution in [0.25, 0.3) is 0 Å². The number of fused-ring (bicyclic) bond motifs is 1. The molecule has 1 amide bonds. The fourth-order valence-electron chi connectivity index (χ4n) is 1.98. The van der Waals surface area contributed by atoms with Crippen molar-refractivity contribution < 1.29 is 76.7 Å². The van der Waals surface area contributed by atoms with E-state index in [0.717, 1.165) is 0 Å². The van der Waals surface area contributed by atoms with Gasteiger partial charge in [0.1, 0.15) is 6.04 Å². The van der Waals surface area contributed by atoms with Gasteiger partial charge in [0.2, 0.25) is 5.91 Å². The van der Waals surface area contributed by atoms with Gasteiger partial charge in [0.05, 0.1) is 11.8 Å². The summed E-state index contributed by atoms with van der Waals surface area (Å²) in [6.45, 7) is 3.75. The standard InChI is InChI=1S/C8H11NO3S.2Na.2H/c1-8(2)6(7(11)12)9-4(10)3-5(9)13-8;;;;/h5-6H,3H2,1-2H3,(H,11,12);;;;/q;2*+1;2*-1/t5-,6+;;;;/m1..../s1. The van der Waals surface area contributed by atoms with Gasteiger partial charge >= 0.3 is 65.1 Å². The number of thioether (sulfide) groups is 1. The van der Waals surface area contributed by atoms with E-state index in [0.29, 0.717) is 6.42 Å². The Bertz CT molecular complexity index is 306. The van der Waals surface area contributed by atoms with E-state index in [4.69, 9.17) is 5.11 Å². The van der Waals surface area contributed by atoms with Gasteiger partial charge in [-0.1, -0.05) is 0 Å². The number of carboxylic acids is 1. The third-order valence-electron chi connectivity index (χ3n) is 2.56. The Kier molecular flexibility index (Phi) is 5.75. The van der Waals surface area contributed by atoms with Gasteiger partial charge in [-0.2, -0.15) is 0 Å². The summed E-state index contributed by atoms with van der Waals surface area (Å²) in [6.07, 6.45) is 0.498. The fraction of sp³-hybridized carbons (Fsp3) is 0.750. The molecule has 0 saturated carbocycles. The molecular weight excluding hydrogens is 236 g/mol. The van der Waals surface area contributed by atoms with Gasteiger partial charge in [-0.05, 0) is 13.8 Å². The van der Waals surface area contributed by atoms with Crippen molar-refractivity contribution in [3.05, 3.63) is 0 Å². The van der Waals surface area contributed by atoms with Crippen molar-refractivity contribution in [3.8, 4) is 0 Å². The minimum Gasteiger partial charge on any atom is -1.00 e. The second kappa shape index (κ2) is 5.29. The molecule has 4 nitrogen and oxygen atoms in total. The van der Waals surface area contributed by atoms with Crippen LogP contribution in [0.5, 0.6) is 0 Å². The first-order chi connectivity index (χ1) is 5.93. The molecule has 15 heavy (non-hydrogen) atoms. The zero-order chi connectivity index (χ0) is 9.80. The van der Waals surface area contributed by atoms with E-state index in [1.165, 1.54) is 4.90 Å². The number of carbonyl (C=O) groups is 2. The first kappa shape index (κ1) is 16.3. The largest absolute Gasteiger partial charge is 1.00 e. The molecule has 0 unspecified atom stereocenters.